The van der Waals surface area contributed by atoms with Gasteiger partial charge in [-0.3, -0.25) is 4.79 Å². The van der Waals surface area contributed by atoms with Crippen molar-refractivity contribution in [2.45, 2.75) is 26.4 Å². The van der Waals surface area contributed by atoms with Crippen LogP contribution in [0.5, 0.6) is 5.75 Å². The maximum Gasteiger partial charge on any atom is 0.248 e. The quantitative estimate of drug-likeness (QED) is 0.468. The minimum Gasteiger partial charge on any atom is -0.487 e. The van der Waals surface area contributed by atoms with Gasteiger partial charge in [0.1, 0.15) is 30.3 Å². The van der Waals surface area contributed by atoms with Crippen molar-refractivity contribution in [2.24, 2.45) is 0 Å². The van der Waals surface area contributed by atoms with Crippen LogP contribution < -0.4 is 15.0 Å². The van der Waals surface area contributed by atoms with Crippen LogP contribution in [0.1, 0.15) is 25.8 Å². The van der Waals surface area contributed by atoms with Crippen molar-refractivity contribution in [3.63, 3.8) is 0 Å². The smallest absolute Gasteiger partial charge is 0.248 e. The normalized spacial score (nSPS) is 14.8. The minimum atomic E-state index is -0.515. The van der Waals surface area contributed by atoms with E-state index in [1.807, 2.05) is 18.2 Å². The van der Waals surface area contributed by atoms with E-state index in [0.29, 0.717) is 42.5 Å². The first-order valence-electron chi connectivity index (χ1n) is 12.0. The van der Waals surface area contributed by atoms with Gasteiger partial charge in [0.05, 0.1) is 29.7 Å². The lowest BCUT2D eigenvalue weighted by Crippen LogP contribution is -2.32. The van der Waals surface area contributed by atoms with Crippen molar-refractivity contribution in [3.05, 3.63) is 54.4 Å². The van der Waals surface area contributed by atoms with E-state index in [0.717, 1.165) is 30.2 Å². The summed E-state index contributed by atoms with van der Waals surface area (Å²) in [6.07, 6.45) is 3.82. The number of aliphatic hydroxyl groups excluding tert-OH is 1. The van der Waals surface area contributed by atoms with E-state index in [2.05, 4.69) is 45.1 Å². The average molecular weight is 488 g/mol. The Morgan fingerprint density at radius 3 is 2.78 bits per heavy atom. The molecule has 36 heavy (non-hydrogen) atoms. The predicted molar refractivity (Wildman–Crippen MR) is 136 cm³/mol. The molecule has 1 fully saturated rings. The van der Waals surface area contributed by atoms with Gasteiger partial charge in [-0.2, -0.15) is 5.26 Å². The van der Waals surface area contributed by atoms with E-state index in [1.54, 1.807) is 35.5 Å². The topological polar surface area (TPSA) is 128 Å². The lowest BCUT2D eigenvalue weighted by atomic mass is 10.1. The van der Waals surface area contributed by atoms with E-state index < -0.39 is 6.61 Å². The maximum absolute atomic E-state index is 11.7. The third-order valence-corrected chi connectivity index (χ3v) is 6.07. The molecule has 1 aliphatic rings. The number of nitrogens with one attached hydrogen (secondary N) is 1. The van der Waals surface area contributed by atoms with E-state index in [9.17, 15) is 10.1 Å². The zero-order valence-electron chi connectivity index (χ0n) is 20.4. The summed E-state index contributed by atoms with van der Waals surface area (Å²) < 4.78 is 6.00. The molecule has 4 rings (SSSR count). The first-order chi connectivity index (χ1) is 17.5. The standard InChI is InChI=1S/C26H29N7O3/c1-3-32(4-2)24-8-6-20(15-29-24)30-26-28-11-9-22(31-26)18-5-7-23(19(13-18)14-27)36-21-10-12-33(16-21)25(35)17-34/h5-9,11,13,15,21,34H,3-4,10,12,16-17H2,1-2H3,(H,28,30,31). The number of nitrogens with zero attached hydrogens (tertiary/aromatic N) is 6. The number of carbonyl (C=O) groups excluding carboxylic acids is 1. The molecule has 0 radical (unpaired) electrons. The molecule has 1 saturated heterocycles. The predicted octanol–water partition coefficient (Wildman–Crippen LogP) is 2.97. The fourth-order valence-corrected chi connectivity index (χ4v) is 4.11. The molecule has 1 unspecified atom stereocenters. The Morgan fingerprint density at radius 2 is 2.08 bits per heavy atom. The molecule has 1 aliphatic heterocycles. The van der Waals surface area contributed by atoms with E-state index >= 15 is 0 Å². The summed E-state index contributed by atoms with van der Waals surface area (Å²) in [5.41, 5.74) is 2.56. The number of amides is 1. The summed E-state index contributed by atoms with van der Waals surface area (Å²) in [4.78, 5) is 28.8. The van der Waals surface area contributed by atoms with Crippen LogP contribution in [0.25, 0.3) is 11.3 Å². The molecule has 2 aromatic heterocycles. The lowest BCUT2D eigenvalue weighted by molar-refractivity contribution is -0.133. The second-order valence-corrected chi connectivity index (χ2v) is 8.32. The Kier molecular flexibility index (Phi) is 7.92. The molecule has 10 nitrogen and oxygen atoms in total. The first kappa shape index (κ1) is 24.9. The van der Waals surface area contributed by atoms with Crippen LogP contribution in [0.4, 0.5) is 17.5 Å². The van der Waals surface area contributed by atoms with Crippen LogP contribution in [0.15, 0.2) is 48.8 Å². The molecule has 0 spiro atoms. The van der Waals surface area contributed by atoms with E-state index in [4.69, 9.17) is 9.84 Å². The van der Waals surface area contributed by atoms with Gasteiger partial charge in [-0.15, -0.1) is 0 Å². The van der Waals surface area contributed by atoms with Crippen molar-refractivity contribution < 1.29 is 14.6 Å². The summed E-state index contributed by atoms with van der Waals surface area (Å²) in [6.45, 7) is 6.36. The molecule has 2 N–H and O–H groups in total. The van der Waals surface area contributed by atoms with Gasteiger partial charge in [0.2, 0.25) is 11.9 Å². The average Bonchev–Trinajstić information content (AvgIpc) is 3.39. The Morgan fingerprint density at radius 1 is 1.25 bits per heavy atom. The molecular weight excluding hydrogens is 458 g/mol. The van der Waals surface area contributed by atoms with E-state index in [1.165, 1.54) is 0 Å². The van der Waals surface area contributed by atoms with Gasteiger partial charge < -0.3 is 25.0 Å². The Labute approximate surface area is 210 Å². The highest BCUT2D eigenvalue weighted by molar-refractivity contribution is 5.77. The highest BCUT2D eigenvalue weighted by Crippen LogP contribution is 2.28. The Balaban J connectivity index is 1.46. The third kappa shape index (κ3) is 5.70. The van der Waals surface area contributed by atoms with Crippen molar-refractivity contribution in [1.29, 1.82) is 5.26 Å². The van der Waals surface area contributed by atoms with Crippen LogP contribution in [-0.4, -0.2) is 69.8 Å². The maximum atomic E-state index is 11.7. The van der Waals surface area contributed by atoms with Gasteiger partial charge in [0, 0.05) is 37.8 Å². The number of rotatable bonds is 9. The number of aromatic nitrogens is 3. The first-order valence-corrected chi connectivity index (χ1v) is 12.0. The molecule has 0 saturated carbocycles. The van der Waals surface area contributed by atoms with Crippen LogP contribution >= 0.6 is 0 Å². The third-order valence-electron chi connectivity index (χ3n) is 6.07. The second kappa shape index (κ2) is 11.5. The number of hydrogen-bond donors (Lipinski definition) is 2. The van der Waals surface area contributed by atoms with Gasteiger partial charge in [0.15, 0.2) is 0 Å². The fraction of sp³-hybridized carbons (Fsp3) is 0.346. The Bertz CT molecular complexity index is 1240. The summed E-state index contributed by atoms with van der Waals surface area (Å²) >= 11 is 0. The number of carbonyl (C=O) groups is 1. The number of ether oxygens (including phenoxy) is 1. The molecule has 1 atom stereocenters. The molecule has 0 bridgehead atoms. The van der Waals surface area contributed by atoms with Crippen LogP contribution in [0, 0.1) is 11.3 Å². The number of hydrogen-bond acceptors (Lipinski definition) is 9. The van der Waals surface area contributed by atoms with Gasteiger partial charge in [-0.1, -0.05) is 0 Å². The van der Waals surface area contributed by atoms with Gasteiger partial charge in [0.25, 0.3) is 0 Å². The van der Waals surface area contributed by atoms with Crippen molar-refractivity contribution >= 4 is 23.4 Å². The zero-order chi connectivity index (χ0) is 25.5. The Hall–Kier alpha value is -4.23. The highest BCUT2D eigenvalue weighted by Gasteiger charge is 2.27. The SMILES string of the molecule is CCN(CC)c1ccc(Nc2nccc(-c3ccc(OC4CCN(C(=O)CO)C4)c(C#N)c3)n2)cn1. The second-order valence-electron chi connectivity index (χ2n) is 8.32. The summed E-state index contributed by atoms with van der Waals surface area (Å²) in [5, 5.41) is 21.9. The summed E-state index contributed by atoms with van der Waals surface area (Å²) in [5.74, 6) is 1.47. The summed E-state index contributed by atoms with van der Waals surface area (Å²) in [7, 11) is 0. The van der Waals surface area contributed by atoms with Gasteiger partial charge >= 0.3 is 0 Å². The number of benzene rings is 1. The zero-order valence-corrected chi connectivity index (χ0v) is 20.4. The van der Waals surface area contributed by atoms with Crippen LogP contribution in [-0.2, 0) is 4.79 Å². The van der Waals surface area contributed by atoms with E-state index in [-0.39, 0.29) is 12.0 Å². The summed E-state index contributed by atoms with van der Waals surface area (Å²) in [6, 6.07) is 13.2. The number of aliphatic hydroxyl groups is 1. The molecular formula is C26H29N7O3. The van der Waals surface area contributed by atoms with Crippen molar-refractivity contribution in [3.8, 4) is 23.1 Å². The molecule has 0 aliphatic carbocycles. The highest BCUT2D eigenvalue weighted by atomic mass is 16.5. The van der Waals surface area contributed by atoms with Crippen molar-refractivity contribution in [2.75, 3.05) is 43.0 Å². The minimum absolute atomic E-state index is 0.227. The molecule has 3 aromatic rings. The number of pyridine rings is 1. The number of likely N-dealkylation sites (tertiary alicyclic amines) is 1. The molecule has 1 amide bonds. The molecule has 1 aromatic carbocycles. The molecule has 10 heteroatoms. The van der Waals surface area contributed by atoms with Crippen LogP contribution in [0.3, 0.4) is 0 Å². The lowest BCUT2D eigenvalue weighted by Gasteiger charge is -2.19. The number of nitriles is 1. The fourth-order valence-electron chi connectivity index (χ4n) is 4.11. The molecule has 3 heterocycles. The largest absolute Gasteiger partial charge is 0.487 e. The monoisotopic (exact) mass is 487 g/mol. The number of anilines is 3. The van der Waals surface area contributed by atoms with Crippen LogP contribution in [0.2, 0.25) is 0 Å². The van der Waals surface area contributed by atoms with Gasteiger partial charge in [-0.05, 0) is 50.2 Å². The molecule has 186 valence electrons. The van der Waals surface area contributed by atoms with Crippen molar-refractivity contribution in [1.82, 2.24) is 19.9 Å². The van der Waals surface area contributed by atoms with Gasteiger partial charge in [-0.25, -0.2) is 15.0 Å².